The van der Waals surface area contributed by atoms with Gasteiger partial charge in [-0.3, -0.25) is 4.90 Å². The van der Waals surface area contributed by atoms with E-state index in [-0.39, 0.29) is 0 Å². The third-order valence-electron chi connectivity index (χ3n) is 3.09. The van der Waals surface area contributed by atoms with Crippen LogP contribution in [0.1, 0.15) is 0 Å². The molecular weight excluding hydrogens is 267 g/mol. The van der Waals surface area contributed by atoms with Gasteiger partial charge < -0.3 is 9.46 Å². The molecule has 5 heteroatoms. The summed E-state index contributed by atoms with van der Waals surface area (Å²) in [7, 11) is -1.95. The van der Waals surface area contributed by atoms with E-state index in [2.05, 4.69) is 15.9 Å². The maximum absolute atomic E-state index is 11.8. The number of hydrogen-bond acceptors (Lipinski definition) is 3. The normalized spacial score (nSPS) is 18.1. The van der Waals surface area contributed by atoms with Crippen molar-refractivity contribution in [3.8, 4) is 0 Å². The fourth-order valence-corrected chi connectivity index (χ4v) is 3.73. The molecule has 2 rings (SSSR count). The first-order valence-electron chi connectivity index (χ1n) is 6.21. The lowest BCUT2D eigenvalue weighted by Gasteiger charge is -2.36. The van der Waals surface area contributed by atoms with Gasteiger partial charge in [0.1, 0.15) is 0 Å². The van der Waals surface area contributed by atoms with Gasteiger partial charge in [0.05, 0.1) is 13.4 Å². The summed E-state index contributed by atoms with van der Waals surface area (Å²) in [6.45, 7) is 7.60. The van der Waals surface area contributed by atoms with Crippen LogP contribution in [0.15, 0.2) is 24.3 Å². The molecule has 0 unspecified atom stereocenters. The molecule has 0 atom stereocenters. The highest BCUT2D eigenvalue weighted by Gasteiger charge is 2.20. The molecule has 1 aromatic carbocycles. The van der Waals surface area contributed by atoms with Gasteiger partial charge in [0.2, 0.25) is 0 Å². The number of benzene rings is 1. The van der Waals surface area contributed by atoms with E-state index in [0.717, 1.165) is 37.5 Å². The van der Waals surface area contributed by atoms with E-state index in [1.165, 1.54) is 5.69 Å². The fraction of sp³-hybridized carbons (Fsp3) is 0.538. The van der Waals surface area contributed by atoms with Gasteiger partial charge in [0, 0.05) is 36.9 Å². The molecule has 0 spiro atoms. The number of nitrogens with zero attached hydrogens (tertiary/aromatic N) is 2. The Labute approximate surface area is 114 Å². The zero-order valence-corrected chi connectivity index (χ0v) is 12.6. The van der Waals surface area contributed by atoms with Crippen molar-refractivity contribution in [1.82, 2.24) is 4.90 Å². The Morgan fingerprint density at radius 3 is 2.44 bits per heavy atom. The molecule has 1 aromatic rings. The minimum Gasteiger partial charge on any atom is -0.369 e. The van der Waals surface area contributed by atoms with Gasteiger partial charge in [-0.05, 0) is 31.5 Å². The standard InChI is InChI=1S/C13H20ClN2OP/c1-18(2,17)11-15-6-8-16(9-7-15)13-5-3-4-12(14)10-13/h3-5,10H,6-9,11H2,1-2H3. The molecule has 0 radical (unpaired) electrons. The zero-order chi connectivity index (χ0) is 13.2. The van der Waals surface area contributed by atoms with Crippen molar-refractivity contribution in [3.05, 3.63) is 29.3 Å². The van der Waals surface area contributed by atoms with Crippen molar-refractivity contribution in [3.63, 3.8) is 0 Å². The topological polar surface area (TPSA) is 23.6 Å². The number of halogens is 1. The van der Waals surface area contributed by atoms with Crippen molar-refractivity contribution in [2.75, 3.05) is 50.7 Å². The van der Waals surface area contributed by atoms with Crippen LogP contribution in [0.2, 0.25) is 5.02 Å². The first-order valence-corrected chi connectivity index (χ1v) is 9.37. The van der Waals surface area contributed by atoms with Gasteiger partial charge in [-0.2, -0.15) is 0 Å². The van der Waals surface area contributed by atoms with Crippen molar-refractivity contribution in [2.45, 2.75) is 0 Å². The third kappa shape index (κ3) is 4.01. The van der Waals surface area contributed by atoms with E-state index in [9.17, 15) is 4.57 Å². The lowest BCUT2D eigenvalue weighted by atomic mass is 10.2. The van der Waals surface area contributed by atoms with E-state index in [0.29, 0.717) is 0 Å². The van der Waals surface area contributed by atoms with Gasteiger partial charge >= 0.3 is 0 Å². The second kappa shape index (κ2) is 5.64. The quantitative estimate of drug-likeness (QED) is 0.798. The SMILES string of the molecule is CP(C)(=O)CN1CCN(c2cccc(Cl)c2)CC1. The van der Waals surface area contributed by atoms with E-state index < -0.39 is 7.14 Å². The van der Waals surface area contributed by atoms with Crippen LogP contribution in [0.3, 0.4) is 0 Å². The molecule has 18 heavy (non-hydrogen) atoms. The Morgan fingerprint density at radius 1 is 1.22 bits per heavy atom. The highest BCUT2D eigenvalue weighted by Crippen LogP contribution is 2.36. The molecular formula is C13H20ClN2OP. The maximum Gasteiger partial charge on any atom is 0.0951 e. The van der Waals surface area contributed by atoms with Crippen molar-refractivity contribution >= 4 is 24.4 Å². The highest BCUT2D eigenvalue weighted by molar-refractivity contribution is 7.62. The average molecular weight is 287 g/mol. The minimum absolute atomic E-state index is 0.733. The van der Waals surface area contributed by atoms with Gasteiger partial charge in [-0.15, -0.1) is 0 Å². The lowest BCUT2D eigenvalue weighted by Crippen LogP contribution is -2.46. The molecule has 3 nitrogen and oxygen atoms in total. The second-order valence-electron chi connectivity index (χ2n) is 5.30. The fourth-order valence-electron chi connectivity index (χ4n) is 2.30. The van der Waals surface area contributed by atoms with Gasteiger partial charge in [0.25, 0.3) is 0 Å². The number of piperazine rings is 1. The Morgan fingerprint density at radius 2 is 1.89 bits per heavy atom. The Bertz CT molecular complexity index is 452. The summed E-state index contributed by atoms with van der Waals surface area (Å²) in [5.74, 6) is 0. The molecule has 0 bridgehead atoms. The maximum atomic E-state index is 11.8. The van der Waals surface area contributed by atoms with E-state index >= 15 is 0 Å². The smallest absolute Gasteiger partial charge is 0.0951 e. The van der Waals surface area contributed by atoms with Crippen LogP contribution in [0, 0.1) is 0 Å². The zero-order valence-electron chi connectivity index (χ0n) is 11.0. The molecule has 0 saturated carbocycles. The van der Waals surface area contributed by atoms with Crippen LogP contribution in [0.25, 0.3) is 0 Å². The Balaban J connectivity index is 1.93. The minimum atomic E-state index is -1.95. The van der Waals surface area contributed by atoms with Gasteiger partial charge in [-0.25, -0.2) is 0 Å². The van der Waals surface area contributed by atoms with Crippen LogP contribution in [0.5, 0.6) is 0 Å². The molecule has 1 aliphatic heterocycles. The Kier molecular flexibility index (Phi) is 4.37. The summed E-state index contributed by atoms with van der Waals surface area (Å²) < 4.78 is 11.8. The van der Waals surface area contributed by atoms with E-state index in [4.69, 9.17) is 11.6 Å². The van der Waals surface area contributed by atoms with Crippen molar-refractivity contribution < 1.29 is 4.57 Å². The highest BCUT2D eigenvalue weighted by atomic mass is 35.5. The van der Waals surface area contributed by atoms with Crippen molar-refractivity contribution in [1.29, 1.82) is 0 Å². The predicted octanol–water partition coefficient (Wildman–Crippen LogP) is 3.04. The molecule has 1 heterocycles. The molecule has 1 aliphatic rings. The number of hydrogen-bond donors (Lipinski definition) is 0. The number of anilines is 1. The first kappa shape index (κ1) is 13.9. The van der Waals surface area contributed by atoms with Gasteiger partial charge in [0.15, 0.2) is 0 Å². The first-order chi connectivity index (χ1) is 8.44. The van der Waals surface area contributed by atoms with Crippen molar-refractivity contribution in [2.24, 2.45) is 0 Å². The summed E-state index contributed by atoms with van der Waals surface area (Å²) in [6.07, 6.45) is 0.733. The second-order valence-corrected chi connectivity index (χ2v) is 9.17. The van der Waals surface area contributed by atoms with Crippen LogP contribution >= 0.6 is 18.7 Å². The van der Waals surface area contributed by atoms with E-state index in [1.807, 2.05) is 31.5 Å². The lowest BCUT2D eigenvalue weighted by molar-refractivity contribution is 0.294. The van der Waals surface area contributed by atoms with Crippen LogP contribution in [-0.4, -0.2) is 50.7 Å². The summed E-state index contributed by atoms with van der Waals surface area (Å²) in [5, 5.41) is 0.779. The summed E-state index contributed by atoms with van der Waals surface area (Å²) in [6, 6.07) is 7.97. The summed E-state index contributed by atoms with van der Waals surface area (Å²) >= 11 is 6.01. The molecule has 0 aliphatic carbocycles. The van der Waals surface area contributed by atoms with Gasteiger partial charge in [-0.1, -0.05) is 17.7 Å². The molecule has 1 fully saturated rings. The molecule has 100 valence electrons. The van der Waals surface area contributed by atoms with Crippen LogP contribution in [-0.2, 0) is 4.57 Å². The van der Waals surface area contributed by atoms with Crippen LogP contribution in [0.4, 0.5) is 5.69 Å². The van der Waals surface area contributed by atoms with E-state index in [1.54, 1.807) is 0 Å². The predicted molar refractivity (Wildman–Crippen MR) is 79.6 cm³/mol. The molecule has 1 saturated heterocycles. The summed E-state index contributed by atoms with van der Waals surface area (Å²) in [4.78, 5) is 4.63. The largest absolute Gasteiger partial charge is 0.369 e. The molecule has 0 N–H and O–H groups in total. The average Bonchev–Trinajstić information content (AvgIpc) is 2.28. The monoisotopic (exact) mass is 286 g/mol. The Hall–Kier alpha value is -0.500. The number of rotatable bonds is 3. The molecule has 0 aromatic heterocycles. The van der Waals surface area contributed by atoms with Crippen LogP contribution < -0.4 is 4.90 Å². The molecule has 0 amide bonds. The summed E-state index contributed by atoms with van der Waals surface area (Å²) in [5.41, 5.74) is 1.18. The third-order valence-corrected chi connectivity index (χ3v) is 4.40.